The molecule has 4 atom stereocenters. The van der Waals surface area contributed by atoms with Crippen molar-refractivity contribution in [2.24, 2.45) is 0 Å². The minimum absolute atomic E-state index is 0.0944. The Morgan fingerprint density at radius 1 is 1.28 bits per heavy atom. The van der Waals surface area contributed by atoms with Crippen molar-refractivity contribution >= 4 is 27.7 Å². The number of nitrogens with zero attached hydrogens (tertiary/aromatic N) is 3. The molecule has 0 spiro atoms. The molecule has 3 rings (SSSR count). The molecule has 1 fully saturated rings. The van der Waals surface area contributed by atoms with E-state index in [1.165, 1.54) is 6.07 Å². The third kappa shape index (κ3) is 5.36. The lowest BCUT2D eigenvalue weighted by atomic mass is 10.1. The molecule has 0 saturated carbocycles. The zero-order chi connectivity index (χ0) is 26.8. The number of rotatable bonds is 9. The summed E-state index contributed by atoms with van der Waals surface area (Å²) in [6.07, 6.45) is -5.10. The van der Waals surface area contributed by atoms with Gasteiger partial charge in [0.25, 0.3) is 5.91 Å². The Kier molecular flexibility index (Phi) is 7.74. The molecule has 196 valence electrons. The molecule has 1 saturated heterocycles. The van der Waals surface area contributed by atoms with E-state index in [0.717, 1.165) is 37.1 Å². The molecule has 0 radical (unpaired) electrons. The van der Waals surface area contributed by atoms with Crippen LogP contribution in [-0.4, -0.2) is 78.2 Å². The van der Waals surface area contributed by atoms with E-state index in [-0.39, 0.29) is 11.6 Å². The van der Waals surface area contributed by atoms with Crippen molar-refractivity contribution in [3.05, 3.63) is 50.6 Å². The molecule has 17 nitrogen and oxygen atoms in total. The number of benzene rings is 1. The molecule has 1 aromatic heterocycles. The number of ether oxygens (including phenoxy) is 3. The van der Waals surface area contributed by atoms with E-state index >= 15 is 0 Å². The molecule has 36 heavy (non-hydrogen) atoms. The summed E-state index contributed by atoms with van der Waals surface area (Å²) >= 11 is 0. The highest BCUT2D eigenvalue weighted by atomic mass is 32.2. The molecule has 2 heterocycles. The van der Waals surface area contributed by atoms with Crippen molar-refractivity contribution in [1.29, 1.82) is 0 Å². The molecule has 18 heteroatoms. The monoisotopic (exact) mass is 531 g/mol. The zero-order valence-corrected chi connectivity index (χ0v) is 19.4. The number of anilines is 1. The van der Waals surface area contributed by atoms with Crippen LogP contribution in [0.1, 0.15) is 16.6 Å². The first-order valence-corrected chi connectivity index (χ1v) is 11.3. The van der Waals surface area contributed by atoms with Crippen LogP contribution in [0.3, 0.4) is 0 Å². The van der Waals surface area contributed by atoms with Crippen LogP contribution in [0.5, 0.6) is 11.5 Å². The van der Waals surface area contributed by atoms with Gasteiger partial charge in [0.05, 0.1) is 25.7 Å². The number of aliphatic hydroxyl groups excluding tert-OH is 2. The van der Waals surface area contributed by atoms with Gasteiger partial charge >= 0.3 is 21.7 Å². The maximum absolute atomic E-state index is 12.7. The third-order valence-electron chi connectivity index (χ3n) is 5.01. The van der Waals surface area contributed by atoms with Gasteiger partial charge in [-0.2, -0.15) is 13.4 Å². The Morgan fingerprint density at radius 2 is 1.97 bits per heavy atom. The number of carbonyl (C=O) groups is 1. The molecule has 0 bridgehead atoms. The predicted molar refractivity (Wildman–Crippen MR) is 117 cm³/mol. The van der Waals surface area contributed by atoms with Gasteiger partial charge in [-0.15, -0.1) is 0 Å². The quantitative estimate of drug-likeness (QED) is 0.203. The summed E-state index contributed by atoms with van der Waals surface area (Å²) in [5.74, 6) is -2.26. The number of aromatic nitrogens is 2. The van der Waals surface area contributed by atoms with Gasteiger partial charge in [0, 0.05) is 12.3 Å². The molecule has 1 aliphatic rings. The van der Waals surface area contributed by atoms with E-state index in [9.17, 15) is 38.3 Å². The van der Waals surface area contributed by atoms with E-state index in [2.05, 4.69) is 9.17 Å². The third-order valence-corrected chi connectivity index (χ3v) is 5.90. The number of nitro benzene ring substituents is 1. The molecule has 1 aromatic carbocycles. The van der Waals surface area contributed by atoms with Gasteiger partial charge in [-0.05, 0) is 12.1 Å². The van der Waals surface area contributed by atoms with Crippen molar-refractivity contribution in [3.63, 3.8) is 0 Å². The maximum Gasteiger partial charge on any atom is 0.362 e. The molecule has 5 N–H and O–H groups in total. The minimum atomic E-state index is -4.89. The second-order valence-electron chi connectivity index (χ2n) is 7.21. The lowest BCUT2D eigenvalue weighted by Gasteiger charge is -2.17. The Hall–Kier alpha value is -3.84. The number of nitrogens with one attached hydrogen (secondary N) is 1. The summed E-state index contributed by atoms with van der Waals surface area (Å²) in [6.45, 7) is -0.891. The number of nitrogens with two attached hydrogens (primary N) is 1. The van der Waals surface area contributed by atoms with Crippen molar-refractivity contribution in [2.75, 3.05) is 26.6 Å². The second-order valence-corrected chi connectivity index (χ2v) is 8.56. The Labute approximate surface area is 202 Å². The van der Waals surface area contributed by atoms with Crippen molar-refractivity contribution < 1.29 is 46.7 Å². The highest BCUT2D eigenvalue weighted by Gasteiger charge is 2.45. The average molecular weight is 531 g/mol. The molecule has 0 aliphatic carbocycles. The zero-order valence-electron chi connectivity index (χ0n) is 18.6. The summed E-state index contributed by atoms with van der Waals surface area (Å²) in [5.41, 5.74) is 3.29. The van der Waals surface area contributed by atoms with E-state index in [0.29, 0.717) is 0 Å². The van der Waals surface area contributed by atoms with Crippen LogP contribution in [-0.2, 0) is 19.2 Å². The first-order valence-electron chi connectivity index (χ1n) is 9.87. The lowest BCUT2D eigenvalue weighted by Crippen LogP contribution is -2.38. The topological polar surface area (TPSA) is 245 Å². The molecule has 2 aromatic rings. The fourth-order valence-electron chi connectivity index (χ4n) is 3.36. The van der Waals surface area contributed by atoms with E-state index in [1.54, 1.807) is 4.72 Å². The first kappa shape index (κ1) is 26.8. The average Bonchev–Trinajstić information content (AvgIpc) is 3.09. The van der Waals surface area contributed by atoms with Gasteiger partial charge in [0.1, 0.15) is 35.4 Å². The van der Waals surface area contributed by atoms with E-state index in [1.807, 2.05) is 0 Å². The van der Waals surface area contributed by atoms with E-state index < -0.39 is 75.0 Å². The standard InChI is InChI=1S/C18H21N5O12S/c1-32-9-4-3-8(23(28)29)15(33-2)12(9)16(26)21-36(30,31)34-7-10-13(24)14(25)17(35-10)22-6-5-11(19)20-18(22)27/h3-6,10,13-14,17,24-25H,7H2,1-2H3,(H,21,26)(H2,19,20,27)/t10-,13-,14-,17-/m1/s1. The van der Waals surface area contributed by atoms with Crippen LogP contribution < -0.4 is 25.6 Å². The summed E-state index contributed by atoms with van der Waals surface area (Å²) in [5, 5.41) is 31.7. The van der Waals surface area contributed by atoms with Crippen LogP contribution in [0.25, 0.3) is 0 Å². The molecule has 0 unspecified atom stereocenters. The van der Waals surface area contributed by atoms with Crippen LogP contribution in [0.4, 0.5) is 11.5 Å². The van der Waals surface area contributed by atoms with Gasteiger partial charge < -0.3 is 30.2 Å². The van der Waals surface area contributed by atoms with Gasteiger partial charge in [-0.25, -0.2) is 9.52 Å². The Bertz CT molecular complexity index is 1330. The highest BCUT2D eigenvalue weighted by Crippen LogP contribution is 2.37. The smallest absolute Gasteiger partial charge is 0.362 e. The normalized spacial score (nSPS) is 21.7. The molecule has 1 amide bonds. The molecular formula is C18H21N5O12S. The second kappa shape index (κ2) is 10.4. The number of hydrogen-bond acceptors (Lipinski definition) is 14. The summed E-state index contributed by atoms with van der Waals surface area (Å²) < 4.78 is 47.1. The SMILES string of the molecule is COc1ccc([N+](=O)[O-])c(OC)c1C(=O)NS(=O)(=O)OC[C@H]1O[C@@H](n2ccc(N)nc2=O)[C@H](O)[C@@H]1O. The maximum atomic E-state index is 12.7. The predicted octanol–water partition coefficient (Wildman–Crippen LogP) is -1.94. The number of amides is 1. The van der Waals surface area contributed by atoms with Crippen LogP contribution >= 0.6 is 0 Å². The number of carbonyl (C=O) groups excluding carboxylic acids is 1. The number of aliphatic hydroxyl groups is 2. The molecular weight excluding hydrogens is 510 g/mol. The number of nitrogen functional groups attached to an aromatic ring is 1. The van der Waals surface area contributed by atoms with Crippen molar-refractivity contribution in [3.8, 4) is 11.5 Å². The minimum Gasteiger partial charge on any atom is -0.496 e. The van der Waals surface area contributed by atoms with Gasteiger partial charge in [-0.3, -0.25) is 23.7 Å². The number of hydrogen-bond donors (Lipinski definition) is 4. The van der Waals surface area contributed by atoms with Crippen molar-refractivity contribution in [2.45, 2.75) is 24.5 Å². The van der Waals surface area contributed by atoms with E-state index in [4.69, 9.17) is 19.9 Å². The Balaban J connectivity index is 1.75. The summed E-state index contributed by atoms with van der Waals surface area (Å²) in [6, 6.07) is 3.31. The van der Waals surface area contributed by atoms with Crippen LogP contribution in [0.15, 0.2) is 29.2 Å². The fraction of sp³-hybridized carbons (Fsp3) is 0.389. The molecule has 1 aliphatic heterocycles. The summed E-state index contributed by atoms with van der Waals surface area (Å²) in [4.78, 5) is 38.5. The van der Waals surface area contributed by atoms with Gasteiger partial charge in [0.15, 0.2) is 6.23 Å². The first-order chi connectivity index (χ1) is 16.9. The van der Waals surface area contributed by atoms with Gasteiger partial charge in [-0.1, -0.05) is 0 Å². The highest BCUT2D eigenvalue weighted by molar-refractivity contribution is 7.85. The largest absolute Gasteiger partial charge is 0.496 e. The van der Waals surface area contributed by atoms with Gasteiger partial charge in [0.2, 0.25) is 5.75 Å². The van der Waals surface area contributed by atoms with Crippen molar-refractivity contribution in [1.82, 2.24) is 14.3 Å². The van der Waals surface area contributed by atoms with Crippen LogP contribution in [0.2, 0.25) is 0 Å². The number of nitro groups is 1. The Morgan fingerprint density at radius 3 is 2.56 bits per heavy atom. The lowest BCUT2D eigenvalue weighted by molar-refractivity contribution is -0.385. The summed E-state index contributed by atoms with van der Waals surface area (Å²) in [7, 11) is -2.71. The number of methoxy groups -OCH3 is 2. The fourth-order valence-corrected chi connectivity index (χ4v) is 4.06. The van der Waals surface area contributed by atoms with Crippen LogP contribution in [0, 0.1) is 10.1 Å².